The van der Waals surface area contributed by atoms with E-state index in [1.165, 1.54) is 257 Å². The number of aromatic nitrogens is 2. The lowest BCUT2D eigenvalue weighted by Gasteiger charge is -2.32. The molecule has 7 nitrogen and oxygen atoms in total. The SMILES string of the molecule is CCCCCC/C=C\CCCCCCCCN(CCCn1cnc(C)c1)C(CCCCCCCCC(=O)OCC(CCCC)CCCCCC)CCCCCCCCC(=O)OCC(CCCC)CCCCCC. The number of hydrogen-bond donors (Lipinski definition) is 0. The van der Waals surface area contributed by atoms with Gasteiger partial charge in [0.1, 0.15) is 0 Å². The summed E-state index contributed by atoms with van der Waals surface area (Å²) in [6, 6.07) is 0.642. The van der Waals surface area contributed by atoms with Gasteiger partial charge in [0.05, 0.1) is 25.2 Å². The first-order chi connectivity index (χ1) is 35.9. The van der Waals surface area contributed by atoms with Gasteiger partial charge in [0.2, 0.25) is 0 Å². The molecule has 0 aliphatic rings. The molecule has 7 heteroatoms. The molecule has 0 bridgehead atoms. The highest BCUT2D eigenvalue weighted by Gasteiger charge is 2.19. The van der Waals surface area contributed by atoms with Crippen molar-refractivity contribution >= 4 is 11.9 Å². The van der Waals surface area contributed by atoms with Crippen molar-refractivity contribution in [1.29, 1.82) is 0 Å². The Morgan fingerprint density at radius 1 is 0.466 bits per heavy atom. The topological polar surface area (TPSA) is 73.7 Å². The molecule has 0 aliphatic heterocycles. The summed E-state index contributed by atoms with van der Waals surface area (Å²) in [6.45, 7) is 18.1. The van der Waals surface area contributed by atoms with Crippen molar-refractivity contribution in [3.63, 3.8) is 0 Å². The van der Waals surface area contributed by atoms with Gasteiger partial charge < -0.3 is 18.9 Å². The number of aryl methyl sites for hydroxylation is 2. The van der Waals surface area contributed by atoms with Crippen molar-refractivity contribution in [1.82, 2.24) is 14.5 Å². The lowest BCUT2D eigenvalue weighted by Crippen LogP contribution is -2.37. The van der Waals surface area contributed by atoms with Gasteiger partial charge >= 0.3 is 11.9 Å². The minimum Gasteiger partial charge on any atom is -0.465 e. The molecular formula is C66H125N3O4. The fourth-order valence-electron chi connectivity index (χ4n) is 10.9. The van der Waals surface area contributed by atoms with Gasteiger partial charge in [0.25, 0.3) is 0 Å². The largest absolute Gasteiger partial charge is 0.465 e. The molecule has 1 heterocycles. The third-order valence-electron chi connectivity index (χ3n) is 15.8. The Morgan fingerprint density at radius 3 is 1.29 bits per heavy atom. The maximum absolute atomic E-state index is 12.7. The molecule has 1 rings (SSSR count). The summed E-state index contributed by atoms with van der Waals surface area (Å²) in [6.07, 6.45) is 64.3. The molecule has 0 N–H and O–H groups in total. The van der Waals surface area contributed by atoms with Crippen molar-refractivity contribution in [3.05, 3.63) is 30.4 Å². The van der Waals surface area contributed by atoms with Crippen LogP contribution in [0.4, 0.5) is 0 Å². The summed E-state index contributed by atoms with van der Waals surface area (Å²) >= 11 is 0. The lowest BCUT2D eigenvalue weighted by molar-refractivity contribution is -0.146. The van der Waals surface area contributed by atoms with Crippen molar-refractivity contribution in [2.75, 3.05) is 26.3 Å². The van der Waals surface area contributed by atoms with Gasteiger partial charge in [0.15, 0.2) is 0 Å². The Bertz CT molecular complexity index is 1290. The summed E-state index contributed by atoms with van der Waals surface area (Å²) in [5.74, 6) is 1.12. The van der Waals surface area contributed by atoms with Gasteiger partial charge in [-0.15, -0.1) is 0 Å². The number of ether oxygens (including phenoxy) is 2. The first-order valence-electron chi connectivity index (χ1n) is 32.5. The van der Waals surface area contributed by atoms with Crippen LogP contribution in [-0.4, -0.2) is 58.7 Å². The van der Waals surface area contributed by atoms with Crippen LogP contribution in [0.15, 0.2) is 24.7 Å². The number of rotatable bonds is 57. The summed E-state index contributed by atoms with van der Waals surface area (Å²) in [5, 5.41) is 0. The zero-order chi connectivity index (χ0) is 52.9. The first kappa shape index (κ1) is 68.9. The highest BCUT2D eigenvalue weighted by atomic mass is 16.5. The maximum Gasteiger partial charge on any atom is 0.305 e. The monoisotopic (exact) mass is 1020 g/mol. The molecule has 0 spiro atoms. The van der Waals surface area contributed by atoms with E-state index in [9.17, 15) is 9.59 Å². The van der Waals surface area contributed by atoms with Crippen LogP contribution in [0.1, 0.15) is 329 Å². The molecule has 0 fully saturated rings. The quantitative estimate of drug-likeness (QED) is 0.0368. The molecule has 73 heavy (non-hydrogen) atoms. The molecule has 1 aromatic rings. The predicted molar refractivity (Wildman–Crippen MR) is 316 cm³/mol. The molecule has 2 unspecified atom stereocenters. The van der Waals surface area contributed by atoms with Crippen LogP contribution in [0.3, 0.4) is 0 Å². The van der Waals surface area contributed by atoms with Crippen molar-refractivity contribution < 1.29 is 19.1 Å². The second-order valence-electron chi connectivity index (χ2n) is 22.9. The van der Waals surface area contributed by atoms with E-state index in [0.29, 0.717) is 43.9 Å². The molecule has 0 radical (unpaired) electrons. The van der Waals surface area contributed by atoms with Gasteiger partial charge in [-0.2, -0.15) is 0 Å². The summed E-state index contributed by atoms with van der Waals surface area (Å²) in [5.41, 5.74) is 1.10. The van der Waals surface area contributed by atoms with Gasteiger partial charge in [-0.1, -0.05) is 233 Å². The average molecular weight is 1020 g/mol. The highest BCUT2D eigenvalue weighted by molar-refractivity contribution is 5.69. The highest BCUT2D eigenvalue weighted by Crippen LogP contribution is 2.23. The summed E-state index contributed by atoms with van der Waals surface area (Å²) in [7, 11) is 0. The lowest BCUT2D eigenvalue weighted by atomic mass is 9.96. The maximum atomic E-state index is 12.7. The smallest absolute Gasteiger partial charge is 0.305 e. The van der Waals surface area contributed by atoms with Crippen LogP contribution in [0.2, 0.25) is 0 Å². The Kier molecular flexibility index (Phi) is 50.2. The molecule has 0 aromatic carbocycles. The number of imidazole rings is 1. The molecule has 0 amide bonds. The Morgan fingerprint density at radius 2 is 0.836 bits per heavy atom. The van der Waals surface area contributed by atoms with E-state index in [1.54, 1.807) is 0 Å². The molecule has 428 valence electrons. The van der Waals surface area contributed by atoms with Gasteiger partial charge in [0, 0.05) is 38.2 Å². The van der Waals surface area contributed by atoms with Crippen molar-refractivity contribution in [3.8, 4) is 0 Å². The van der Waals surface area contributed by atoms with Crippen molar-refractivity contribution in [2.45, 2.75) is 343 Å². The predicted octanol–water partition coefficient (Wildman–Crippen LogP) is 20.4. The molecule has 0 saturated carbocycles. The fourth-order valence-corrected chi connectivity index (χ4v) is 10.9. The van der Waals surface area contributed by atoms with E-state index < -0.39 is 0 Å². The zero-order valence-electron chi connectivity index (χ0n) is 49.9. The fraction of sp³-hybridized carbons (Fsp3) is 0.894. The molecule has 0 aliphatic carbocycles. The third-order valence-corrected chi connectivity index (χ3v) is 15.8. The van der Waals surface area contributed by atoms with Crippen LogP contribution in [0.25, 0.3) is 0 Å². The van der Waals surface area contributed by atoms with E-state index in [4.69, 9.17) is 9.47 Å². The molecule has 1 aromatic heterocycles. The van der Waals surface area contributed by atoms with E-state index in [1.807, 2.05) is 6.33 Å². The zero-order valence-corrected chi connectivity index (χ0v) is 49.9. The Balaban J connectivity index is 2.68. The minimum absolute atomic E-state index is 0.0203. The average Bonchev–Trinajstić information content (AvgIpc) is 3.82. The van der Waals surface area contributed by atoms with Crippen LogP contribution >= 0.6 is 0 Å². The number of allylic oxidation sites excluding steroid dienone is 2. The Hall–Kier alpha value is -2.15. The first-order valence-corrected chi connectivity index (χ1v) is 32.5. The van der Waals surface area contributed by atoms with E-state index in [2.05, 4.69) is 74.3 Å². The van der Waals surface area contributed by atoms with E-state index >= 15 is 0 Å². The van der Waals surface area contributed by atoms with Gasteiger partial charge in [-0.25, -0.2) is 4.98 Å². The summed E-state index contributed by atoms with van der Waals surface area (Å²) in [4.78, 5) is 32.8. The minimum atomic E-state index is 0.0203. The van der Waals surface area contributed by atoms with E-state index in [0.717, 1.165) is 44.5 Å². The van der Waals surface area contributed by atoms with Crippen LogP contribution < -0.4 is 0 Å². The number of unbranched alkanes of at least 4 members (excludes halogenated alkanes) is 28. The Labute approximate surface area is 455 Å². The van der Waals surface area contributed by atoms with Crippen LogP contribution in [0.5, 0.6) is 0 Å². The van der Waals surface area contributed by atoms with Gasteiger partial charge in [-0.3, -0.25) is 9.59 Å². The number of nitrogens with zero attached hydrogens (tertiary/aromatic N) is 3. The van der Waals surface area contributed by atoms with Gasteiger partial charge in [-0.05, 0) is 115 Å². The number of carbonyl (C=O) groups excluding carboxylic acids is 2. The molecular weight excluding hydrogens is 899 g/mol. The third kappa shape index (κ3) is 44.7. The molecule has 0 saturated heterocycles. The normalized spacial score (nSPS) is 13.1. The standard InChI is InChI=1S/C66H125N3O4/c1-7-12-17-20-21-22-23-24-25-26-27-32-37-44-55-69(56-45-54-68-57-61(6)67-60-68)64(50-40-33-28-30-35-42-52-65(70)72-58-62(46-15-10-4)48-38-18-13-8-2)51-41-34-29-31-36-43-53-66(71)73-59-63(47-16-11-5)49-39-19-14-9-3/h22-23,57,60,62-64H,7-21,24-56,58-59H2,1-6H3/b23-22-. The molecule has 2 atom stereocenters. The second-order valence-corrected chi connectivity index (χ2v) is 22.9. The van der Waals surface area contributed by atoms with Crippen molar-refractivity contribution in [2.24, 2.45) is 11.8 Å². The van der Waals surface area contributed by atoms with Crippen LogP contribution in [-0.2, 0) is 25.6 Å². The number of hydrogen-bond acceptors (Lipinski definition) is 6. The summed E-state index contributed by atoms with van der Waals surface area (Å²) < 4.78 is 13.9. The van der Waals surface area contributed by atoms with E-state index in [-0.39, 0.29) is 11.9 Å². The second kappa shape index (κ2) is 53.3. The number of esters is 2. The van der Waals surface area contributed by atoms with Crippen LogP contribution in [0, 0.1) is 18.8 Å². The number of carbonyl (C=O) groups is 2.